The van der Waals surface area contributed by atoms with E-state index in [0.29, 0.717) is 34.8 Å². The zero-order valence-electron chi connectivity index (χ0n) is 27.4. The van der Waals surface area contributed by atoms with Crippen LogP contribution in [0.4, 0.5) is 0 Å². The third kappa shape index (κ3) is 7.04. The van der Waals surface area contributed by atoms with Gasteiger partial charge in [-0.25, -0.2) is 0 Å². The maximum absolute atomic E-state index is 13.6. The van der Waals surface area contributed by atoms with Crippen LogP contribution >= 0.6 is 0 Å². The number of Topliss-reactive ketones (excluding diaryl/α,β-unsaturated/α-hetero) is 2. The monoisotopic (exact) mass is 587 g/mol. The van der Waals surface area contributed by atoms with Gasteiger partial charge in [0, 0.05) is 54.9 Å². The summed E-state index contributed by atoms with van der Waals surface area (Å²) in [6, 6.07) is 1.57. The third-order valence-corrected chi connectivity index (χ3v) is 8.06. The molecular formula is C32H49N3O7. The number of aryl methyl sites for hydroxylation is 2. The first-order chi connectivity index (χ1) is 19.9. The molecule has 1 aliphatic heterocycles. The predicted octanol–water partition coefficient (Wildman–Crippen LogP) is 4.24. The molecule has 0 saturated carbocycles. The number of methoxy groups -OCH3 is 3. The highest BCUT2D eigenvalue weighted by atomic mass is 16.7. The Labute approximate surface area is 251 Å². The summed E-state index contributed by atoms with van der Waals surface area (Å²) in [5, 5.41) is 2.94. The minimum absolute atomic E-state index is 0.0273. The van der Waals surface area contributed by atoms with E-state index in [1.807, 2.05) is 34.7 Å². The van der Waals surface area contributed by atoms with E-state index in [0.717, 1.165) is 16.7 Å². The second kappa shape index (κ2) is 15.3. The van der Waals surface area contributed by atoms with Gasteiger partial charge < -0.3 is 24.3 Å². The summed E-state index contributed by atoms with van der Waals surface area (Å²) in [5.74, 6) is 0.631. The highest BCUT2D eigenvalue weighted by Gasteiger charge is 2.44. The topological polar surface area (TPSA) is 107 Å². The van der Waals surface area contributed by atoms with Crippen molar-refractivity contribution in [3.8, 4) is 11.5 Å². The predicted molar refractivity (Wildman–Crippen MR) is 163 cm³/mol. The van der Waals surface area contributed by atoms with Crippen LogP contribution in [0.15, 0.2) is 28.5 Å². The molecule has 42 heavy (non-hydrogen) atoms. The number of nitrogens with one attached hydrogen (secondary N) is 1. The van der Waals surface area contributed by atoms with Crippen molar-refractivity contribution >= 4 is 17.5 Å². The summed E-state index contributed by atoms with van der Waals surface area (Å²) >= 11 is 0. The van der Waals surface area contributed by atoms with Gasteiger partial charge in [0.25, 0.3) is 0 Å². The summed E-state index contributed by atoms with van der Waals surface area (Å²) < 4.78 is 22.5. The zero-order valence-corrected chi connectivity index (χ0v) is 27.4. The van der Waals surface area contributed by atoms with Crippen LogP contribution in [-0.4, -0.2) is 87.7 Å². The van der Waals surface area contributed by atoms with Crippen molar-refractivity contribution in [2.75, 3.05) is 48.4 Å². The van der Waals surface area contributed by atoms with Crippen LogP contribution in [0, 0.1) is 13.8 Å². The van der Waals surface area contributed by atoms with E-state index in [2.05, 4.69) is 28.1 Å². The van der Waals surface area contributed by atoms with Crippen molar-refractivity contribution in [3.63, 3.8) is 0 Å². The molecule has 0 spiro atoms. The minimum atomic E-state index is -0.303. The lowest BCUT2D eigenvalue weighted by Gasteiger charge is -2.51. The highest BCUT2D eigenvalue weighted by molar-refractivity contribution is 6.24. The summed E-state index contributed by atoms with van der Waals surface area (Å²) in [4.78, 5) is 43.1. The van der Waals surface area contributed by atoms with Crippen LogP contribution in [0.5, 0.6) is 11.5 Å². The molecule has 2 aliphatic rings. The first-order valence-corrected chi connectivity index (χ1v) is 14.4. The number of nitrogens with zero attached hydrogens (tertiary/aromatic N) is 2. The molecule has 1 heterocycles. The van der Waals surface area contributed by atoms with Gasteiger partial charge in [0.05, 0.1) is 26.9 Å². The number of rotatable bonds is 10. The lowest BCUT2D eigenvalue weighted by Crippen LogP contribution is -2.60. The van der Waals surface area contributed by atoms with Crippen molar-refractivity contribution in [3.05, 3.63) is 45.2 Å². The van der Waals surface area contributed by atoms with Gasteiger partial charge in [-0.15, -0.1) is 0 Å². The number of allylic oxidation sites excluding steroid dienone is 2. The zero-order chi connectivity index (χ0) is 31.9. The number of ketones is 2. The molecule has 1 saturated heterocycles. The van der Waals surface area contributed by atoms with E-state index in [4.69, 9.17) is 18.9 Å². The van der Waals surface area contributed by atoms with Gasteiger partial charge in [-0.2, -0.15) is 0 Å². The van der Waals surface area contributed by atoms with Crippen molar-refractivity contribution in [2.45, 2.75) is 79.9 Å². The van der Waals surface area contributed by atoms with Crippen LogP contribution in [0.25, 0.3) is 0 Å². The van der Waals surface area contributed by atoms with Crippen LogP contribution < -0.4 is 14.8 Å². The van der Waals surface area contributed by atoms with Gasteiger partial charge in [0.15, 0.2) is 29.8 Å². The number of hydrogen-bond donors (Lipinski definition) is 1. The lowest BCUT2D eigenvalue weighted by molar-refractivity contribution is -0.120. The normalized spacial score (nSPS) is 21.7. The smallest absolute Gasteiger partial charge is 0.224 e. The molecule has 10 heteroatoms. The van der Waals surface area contributed by atoms with Crippen LogP contribution in [0.1, 0.15) is 70.7 Å². The second-order valence-corrected chi connectivity index (χ2v) is 10.7. The van der Waals surface area contributed by atoms with Gasteiger partial charge in [-0.05, 0) is 59.2 Å². The molecule has 1 amide bonds. The average Bonchev–Trinajstić information content (AvgIpc) is 2.96. The van der Waals surface area contributed by atoms with Gasteiger partial charge in [0.2, 0.25) is 11.7 Å². The Balaban J connectivity index is 0.00000301. The van der Waals surface area contributed by atoms with Crippen molar-refractivity contribution in [2.24, 2.45) is 0 Å². The summed E-state index contributed by atoms with van der Waals surface area (Å²) in [5.41, 5.74) is 3.95. The highest BCUT2D eigenvalue weighted by Crippen LogP contribution is 2.47. The Kier molecular flexibility index (Phi) is 12.8. The van der Waals surface area contributed by atoms with E-state index >= 15 is 0 Å². The maximum Gasteiger partial charge on any atom is 0.224 e. The molecule has 1 fully saturated rings. The molecular weight excluding hydrogens is 538 g/mol. The van der Waals surface area contributed by atoms with Crippen LogP contribution in [0.3, 0.4) is 0 Å². The molecule has 3 atom stereocenters. The van der Waals surface area contributed by atoms with E-state index < -0.39 is 0 Å². The molecule has 1 aromatic carbocycles. The van der Waals surface area contributed by atoms with E-state index in [9.17, 15) is 14.4 Å². The van der Waals surface area contributed by atoms with Gasteiger partial charge in [-0.3, -0.25) is 24.2 Å². The number of hydrogen-bond acceptors (Lipinski definition) is 9. The number of amides is 1. The van der Waals surface area contributed by atoms with E-state index in [1.165, 1.54) is 14.0 Å². The summed E-state index contributed by atoms with van der Waals surface area (Å²) in [6.45, 7) is 15.9. The Morgan fingerprint density at radius 3 is 2.17 bits per heavy atom. The SMILES string of the molecule is CC.COCOc1c(OC)c(C)cc(C)c1[C@@H]1C(CC2=C(C)C(=O)C(OC)=C(C)C2=O)N(CNC(C)=O)CC(C)N1C. The third-order valence-electron chi connectivity index (χ3n) is 8.06. The molecule has 1 N–H and O–H groups in total. The Morgan fingerprint density at radius 1 is 0.976 bits per heavy atom. The first-order valence-electron chi connectivity index (χ1n) is 14.4. The molecule has 10 nitrogen and oxygen atoms in total. The molecule has 0 aromatic heterocycles. The fourth-order valence-electron chi connectivity index (χ4n) is 5.89. The van der Waals surface area contributed by atoms with Crippen molar-refractivity contribution in [1.29, 1.82) is 0 Å². The first kappa shape index (κ1) is 35.0. The summed E-state index contributed by atoms with van der Waals surface area (Å²) in [7, 11) is 6.62. The standard InChI is InChI=1S/C30H43N3O7.C2H6/c1-16-11-17(2)28(38-9)30(40-15-37-8)24(16)25-23(33(14-31-21(6)34)13-18(3)32(25)7)12-22-19(4)27(36)29(39-10)20(5)26(22)35;1-2/h11,18,23,25H,12-15H2,1-10H3,(H,31,34);1-2H3/t18?,23?,25-;/m0./s1. The Morgan fingerprint density at radius 2 is 1.62 bits per heavy atom. The van der Waals surface area contributed by atoms with E-state index in [-0.39, 0.29) is 61.2 Å². The molecule has 0 radical (unpaired) electrons. The average molecular weight is 588 g/mol. The minimum Gasteiger partial charge on any atom is -0.493 e. The van der Waals surface area contributed by atoms with Gasteiger partial charge >= 0.3 is 0 Å². The molecule has 0 bridgehead atoms. The number of benzene rings is 1. The molecule has 1 aliphatic carbocycles. The number of likely N-dealkylation sites (N-methyl/N-ethyl adjacent to an activating group) is 1. The van der Waals surface area contributed by atoms with Gasteiger partial charge in [-0.1, -0.05) is 19.9 Å². The van der Waals surface area contributed by atoms with Crippen molar-refractivity contribution in [1.82, 2.24) is 15.1 Å². The molecule has 2 unspecified atom stereocenters. The van der Waals surface area contributed by atoms with Gasteiger partial charge in [0.1, 0.15) is 0 Å². The second-order valence-electron chi connectivity index (χ2n) is 10.7. The van der Waals surface area contributed by atoms with Crippen LogP contribution in [0.2, 0.25) is 0 Å². The number of carbonyl (C=O) groups is 3. The maximum atomic E-state index is 13.6. The molecule has 3 rings (SSSR count). The fourth-order valence-corrected chi connectivity index (χ4v) is 5.89. The Bertz CT molecular complexity index is 1240. The lowest BCUT2D eigenvalue weighted by atomic mass is 9.80. The Hall–Kier alpha value is -3.21. The number of carbonyl (C=O) groups excluding carboxylic acids is 3. The van der Waals surface area contributed by atoms with E-state index in [1.54, 1.807) is 28.1 Å². The van der Waals surface area contributed by atoms with Crippen molar-refractivity contribution < 1.29 is 33.3 Å². The number of ether oxygens (including phenoxy) is 4. The summed E-state index contributed by atoms with van der Waals surface area (Å²) in [6.07, 6.45) is 0.283. The molecule has 234 valence electrons. The molecule has 1 aromatic rings. The largest absolute Gasteiger partial charge is 0.493 e. The van der Waals surface area contributed by atoms with Crippen LogP contribution in [-0.2, 0) is 23.9 Å². The number of piperazine rings is 1. The quantitative estimate of drug-likeness (QED) is 0.318. The fraction of sp³-hybridized carbons (Fsp3) is 0.594.